The Bertz CT molecular complexity index is 562. The molecule has 2 N–H and O–H groups in total. The van der Waals surface area contributed by atoms with Crippen LogP contribution in [0.15, 0.2) is 18.2 Å². The second-order valence-electron chi connectivity index (χ2n) is 4.02. The molecule has 2 aromatic rings. The highest BCUT2D eigenvalue weighted by Gasteiger charge is 2.10. The molecule has 0 spiro atoms. The molecule has 1 heterocycles. The first-order chi connectivity index (χ1) is 8.11. The van der Waals surface area contributed by atoms with Gasteiger partial charge in [-0.2, -0.15) is 0 Å². The van der Waals surface area contributed by atoms with Crippen molar-refractivity contribution in [3.05, 3.63) is 29.6 Å². The monoisotopic (exact) mass is 251 g/mol. The van der Waals surface area contributed by atoms with Crippen molar-refractivity contribution in [1.82, 2.24) is 9.55 Å². The number of aryl methyl sites for hydroxylation is 2. The number of aromatic nitrogens is 2. The molecule has 0 saturated heterocycles. The average Bonchev–Trinajstić information content (AvgIpc) is 2.63. The molecule has 90 valence electrons. The minimum Gasteiger partial charge on any atom is -0.370 e. The van der Waals surface area contributed by atoms with Crippen LogP contribution in [0.5, 0.6) is 0 Å². The number of hydrogen-bond donors (Lipinski definition) is 1. The normalized spacial score (nSPS) is 10.9. The number of hydrogen-bond acceptors (Lipinski definition) is 2. The maximum atomic E-state index is 10.9. The minimum absolute atomic E-state index is 0.295. The van der Waals surface area contributed by atoms with Crippen LogP contribution in [0.1, 0.15) is 17.8 Å². The van der Waals surface area contributed by atoms with Crippen LogP contribution in [0.4, 0.5) is 0 Å². The molecule has 0 unspecified atom stereocenters. The van der Waals surface area contributed by atoms with Crippen LogP contribution in [0, 0.1) is 6.92 Å². The van der Waals surface area contributed by atoms with Gasteiger partial charge < -0.3 is 10.3 Å². The van der Waals surface area contributed by atoms with Gasteiger partial charge in [0.1, 0.15) is 5.82 Å². The number of carbonyl (C=O) groups is 1. The minimum atomic E-state index is -0.319. The number of carbonyl (C=O) groups excluding carboxylic acids is 1. The summed E-state index contributed by atoms with van der Waals surface area (Å²) < 4.78 is 1.96. The fourth-order valence-corrected chi connectivity index (χ4v) is 2.06. The molecule has 1 amide bonds. The predicted molar refractivity (Wildman–Crippen MR) is 67.8 cm³/mol. The van der Waals surface area contributed by atoms with E-state index >= 15 is 0 Å². The molecule has 0 aliphatic carbocycles. The summed E-state index contributed by atoms with van der Waals surface area (Å²) in [6, 6.07) is 6.01. The average molecular weight is 252 g/mol. The lowest BCUT2D eigenvalue weighted by molar-refractivity contribution is -0.118. The van der Waals surface area contributed by atoms with E-state index in [1.807, 2.05) is 29.7 Å². The molecule has 5 heteroatoms. The Morgan fingerprint density at radius 3 is 2.94 bits per heavy atom. The fourth-order valence-electron chi connectivity index (χ4n) is 1.86. The van der Waals surface area contributed by atoms with Crippen molar-refractivity contribution < 1.29 is 4.79 Å². The summed E-state index contributed by atoms with van der Waals surface area (Å²) in [5.41, 5.74) is 8.22. The molecule has 0 aliphatic rings. The van der Waals surface area contributed by atoms with Gasteiger partial charge in [0.2, 0.25) is 5.91 Å². The Morgan fingerprint density at radius 2 is 2.29 bits per heavy atom. The Morgan fingerprint density at radius 1 is 1.53 bits per heavy atom. The van der Waals surface area contributed by atoms with Crippen LogP contribution in [-0.4, -0.2) is 15.5 Å². The number of alkyl halides is 1. The van der Waals surface area contributed by atoms with Gasteiger partial charge in [0.05, 0.1) is 16.9 Å². The highest BCUT2D eigenvalue weighted by molar-refractivity contribution is 6.16. The van der Waals surface area contributed by atoms with Crippen molar-refractivity contribution >= 4 is 28.5 Å². The molecule has 1 aromatic heterocycles. The van der Waals surface area contributed by atoms with E-state index in [1.54, 1.807) is 0 Å². The van der Waals surface area contributed by atoms with Gasteiger partial charge in [0, 0.05) is 13.0 Å². The van der Waals surface area contributed by atoms with E-state index in [0.29, 0.717) is 18.8 Å². The molecular formula is C12H14ClN3O. The molecular weight excluding hydrogens is 238 g/mol. The fraction of sp³-hybridized carbons (Fsp3) is 0.333. The molecule has 17 heavy (non-hydrogen) atoms. The highest BCUT2D eigenvalue weighted by atomic mass is 35.5. The van der Waals surface area contributed by atoms with E-state index in [1.165, 1.54) is 0 Å². The van der Waals surface area contributed by atoms with Gasteiger partial charge in [0.25, 0.3) is 0 Å². The second kappa shape index (κ2) is 4.75. The summed E-state index contributed by atoms with van der Waals surface area (Å²) in [4.78, 5) is 15.3. The van der Waals surface area contributed by atoms with Gasteiger partial charge in [-0.15, -0.1) is 11.6 Å². The van der Waals surface area contributed by atoms with E-state index in [9.17, 15) is 4.79 Å². The Balaban J connectivity index is 2.48. The molecule has 4 nitrogen and oxygen atoms in total. The van der Waals surface area contributed by atoms with Crippen LogP contribution < -0.4 is 5.73 Å². The SMILES string of the molecule is Cc1ccc2nc(CCl)n(CCC(N)=O)c2c1. The van der Waals surface area contributed by atoms with Crippen LogP contribution in [0.25, 0.3) is 11.0 Å². The Labute approximate surface area is 104 Å². The number of halogens is 1. The number of imidazole rings is 1. The largest absolute Gasteiger partial charge is 0.370 e. The second-order valence-corrected chi connectivity index (χ2v) is 4.29. The summed E-state index contributed by atoms with van der Waals surface area (Å²) in [5, 5.41) is 0. The van der Waals surface area contributed by atoms with Crippen LogP contribution in [0.2, 0.25) is 0 Å². The Kier molecular flexibility index (Phi) is 3.33. The zero-order valence-corrected chi connectivity index (χ0v) is 10.4. The lowest BCUT2D eigenvalue weighted by atomic mass is 10.2. The number of fused-ring (bicyclic) bond motifs is 1. The van der Waals surface area contributed by atoms with Crippen LogP contribution >= 0.6 is 11.6 Å². The summed E-state index contributed by atoms with van der Waals surface area (Å²) in [6.07, 6.45) is 0.295. The number of amides is 1. The van der Waals surface area contributed by atoms with Crippen molar-refractivity contribution in [2.24, 2.45) is 5.73 Å². The molecule has 1 aromatic carbocycles. The van der Waals surface area contributed by atoms with Gasteiger partial charge in [-0.05, 0) is 24.6 Å². The van der Waals surface area contributed by atoms with Gasteiger partial charge in [-0.25, -0.2) is 4.98 Å². The smallest absolute Gasteiger partial charge is 0.219 e. The Hall–Kier alpha value is -1.55. The van der Waals surface area contributed by atoms with Crippen molar-refractivity contribution in [2.45, 2.75) is 25.8 Å². The number of nitrogens with zero attached hydrogens (tertiary/aromatic N) is 2. The molecule has 0 radical (unpaired) electrons. The first-order valence-corrected chi connectivity index (χ1v) is 5.95. The molecule has 0 bridgehead atoms. The molecule has 0 fully saturated rings. The van der Waals surface area contributed by atoms with Gasteiger partial charge >= 0.3 is 0 Å². The number of rotatable bonds is 4. The van der Waals surface area contributed by atoms with Crippen molar-refractivity contribution in [2.75, 3.05) is 0 Å². The quantitative estimate of drug-likeness (QED) is 0.845. The van der Waals surface area contributed by atoms with E-state index < -0.39 is 0 Å². The molecule has 0 aliphatic heterocycles. The van der Waals surface area contributed by atoms with E-state index in [4.69, 9.17) is 17.3 Å². The van der Waals surface area contributed by atoms with E-state index in [2.05, 4.69) is 4.98 Å². The van der Waals surface area contributed by atoms with Crippen LogP contribution in [0.3, 0.4) is 0 Å². The maximum Gasteiger partial charge on any atom is 0.219 e. The lowest BCUT2D eigenvalue weighted by Crippen LogP contribution is -2.14. The number of benzene rings is 1. The van der Waals surface area contributed by atoms with Gasteiger partial charge in [-0.3, -0.25) is 4.79 Å². The van der Waals surface area contributed by atoms with Crippen molar-refractivity contribution in [3.63, 3.8) is 0 Å². The first kappa shape index (κ1) is 11.9. The van der Waals surface area contributed by atoms with E-state index in [0.717, 1.165) is 22.4 Å². The van der Waals surface area contributed by atoms with Gasteiger partial charge in [-0.1, -0.05) is 6.07 Å². The van der Waals surface area contributed by atoms with Crippen molar-refractivity contribution in [1.29, 1.82) is 0 Å². The zero-order chi connectivity index (χ0) is 12.4. The third-order valence-electron chi connectivity index (χ3n) is 2.68. The lowest BCUT2D eigenvalue weighted by Gasteiger charge is -2.06. The summed E-state index contributed by atoms with van der Waals surface area (Å²) in [7, 11) is 0. The van der Waals surface area contributed by atoms with Crippen molar-refractivity contribution in [3.8, 4) is 0 Å². The topological polar surface area (TPSA) is 60.9 Å². The zero-order valence-electron chi connectivity index (χ0n) is 9.61. The highest BCUT2D eigenvalue weighted by Crippen LogP contribution is 2.19. The summed E-state index contributed by atoms with van der Waals surface area (Å²) in [6.45, 7) is 2.54. The summed E-state index contributed by atoms with van der Waals surface area (Å²) in [5.74, 6) is 0.778. The van der Waals surface area contributed by atoms with Gasteiger partial charge in [0.15, 0.2) is 0 Å². The van der Waals surface area contributed by atoms with E-state index in [-0.39, 0.29) is 5.91 Å². The predicted octanol–water partition coefficient (Wildman–Crippen LogP) is 1.96. The third-order valence-corrected chi connectivity index (χ3v) is 2.92. The number of nitrogens with two attached hydrogens (primary N) is 1. The summed E-state index contributed by atoms with van der Waals surface area (Å²) >= 11 is 5.86. The third kappa shape index (κ3) is 2.42. The standard InChI is InChI=1S/C12H14ClN3O/c1-8-2-3-9-10(6-8)16(5-4-11(14)17)12(7-13)15-9/h2-3,6H,4-5,7H2,1H3,(H2,14,17). The molecule has 0 atom stereocenters. The maximum absolute atomic E-state index is 10.9. The number of primary amides is 1. The first-order valence-electron chi connectivity index (χ1n) is 5.42. The molecule has 2 rings (SSSR count). The van der Waals surface area contributed by atoms with Crippen LogP contribution in [-0.2, 0) is 17.2 Å². The molecule has 0 saturated carbocycles.